The number of nitrogen functional groups attached to an aromatic ring is 1. The van der Waals surface area contributed by atoms with E-state index in [1.165, 1.54) is 16.7 Å². The summed E-state index contributed by atoms with van der Waals surface area (Å²) in [6.07, 6.45) is 0. The molecule has 5 heteroatoms. The fourth-order valence-corrected chi connectivity index (χ4v) is 2.24. The number of nitrogens with zero attached hydrogens (tertiary/aromatic N) is 2. The Morgan fingerprint density at radius 3 is 2.68 bits per heavy atom. The minimum absolute atomic E-state index is 0.116. The van der Waals surface area contributed by atoms with Gasteiger partial charge >= 0.3 is 0 Å². The minimum Gasteiger partial charge on any atom is -0.368 e. The first-order valence-corrected chi connectivity index (χ1v) is 6.48. The topological polar surface area (TPSA) is 63.8 Å². The monoisotopic (exact) mass is 276 g/mol. The quantitative estimate of drug-likeness (QED) is 0.842. The number of aryl methyl sites for hydroxylation is 1. The molecule has 0 aliphatic heterocycles. The van der Waals surface area contributed by atoms with E-state index in [9.17, 15) is 0 Å². The van der Waals surface area contributed by atoms with Crippen LogP contribution >= 0.6 is 11.6 Å². The van der Waals surface area contributed by atoms with Gasteiger partial charge in [0.2, 0.25) is 5.95 Å². The van der Waals surface area contributed by atoms with E-state index in [1.807, 2.05) is 0 Å². The normalized spacial score (nSPS) is 12.2. The van der Waals surface area contributed by atoms with Gasteiger partial charge in [0, 0.05) is 6.07 Å². The SMILES string of the molecule is Cc1cccc(C(C)Nc2cc(Cl)nc(N)n2)c1C. The molecule has 0 bridgehead atoms. The zero-order valence-corrected chi connectivity index (χ0v) is 12.0. The van der Waals surface area contributed by atoms with Crippen LogP contribution in [0.15, 0.2) is 24.3 Å². The maximum atomic E-state index is 5.86. The van der Waals surface area contributed by atoms with Crippen LogP contribution in [0.3, 0.4) is 0 Å². The lowest BCUT2D eigenvalue weighted by Crippen LogP contribution is -2.11. The predicted molar refractivity (Wildman–Crippen MR) is 79.4 cm³/mol. The van der Waals surface area contributed by atoms with Crippen molar-refractivity contribution in [3.8, 4) is 0 Å². The van der Waals surface area contributed by atoms with Crippen molar-refractivity contribution in [2.45, 2.75) is 26.8 Å². The standard InChI is InChI=1S/C14H17ClN4/c1-8-5-4-6-11(9(8)2)10(3)17-13-7-12(15)18-14(16)19-13/h4-7,10H,1-3H3,(H3,16,17,18,19). The highest BCUT2D eigenvalue weighted by Gasteiger charge is 2.11. The summed E-state index contributed by atoms with van der Waals surface area (Å²) in [5, 5.41) is 3.63. The van der Waals surface area contributed by atoms with Crippen LogP contribution in [-0.2, 0) is 0 Å². The summed E-state index contributed by atoms with van der Waals surface area (Å²) in [6, 6.07) is 8.04. The van der Waals surface area contributed by atoms with Gasteiger partial charge in [-0.25, -0.2) is 4.98 Å². The van der Waals surface area contributed by atoms with Crippen molar-refractivity contribution < 1.29 is 0 Å². The lowest BCUT2D eigenvalue weighted by atomic mass is 9.98. The van der Waals surface area contributed by atoms with Crippen LogP contribution < -0.4 is 11.1 Å². The first-order valence-electron chi connectivity index (χ1n) is 6.10. The van der Waals surface area contributed by atoms with Gasteiger partial charge in [0.15, 0.2) is 0 Å². The maximum absolute atomic E-state index is 5.86. The lowest BCUT2D eigenvalue weighted by Gasteiger charge is -2.18. The molecule has 0 fully saturated rings. The van der Waals surface area contributed by atoms with Crippen LogP contribution in [0.4, 0.5) is 11.8 Å². The first kappa shape index (κ1) is 13.6. The van der Waals surface area contributed by atoms with Gasteiger partial charge in [0.25, 0.3) is 0 Å². The molecule has 0 aliphatic rings. The molecule has 1 aromatic heterocycles. The molecule has 3 N–H and O–H groups in total. The molecule has 1 aromatic carbocycles. The van der Waals surface area contributed by atoms with Gasteiger partial charge in [-0.1, -0.05) is 29.8 Å². The van der Waals surface area contributed by atoms with Gasteiger partial charge in [-0.3, -0.25) is 0 Å². The highest BCUT2D eigenvalue weighted by Crippen LogP contribution is 2.24. The van der Waals surface area contributed by atoms with Crippen LogP contribution in [0.2, 0.25) is 5.15 Å². The third-order valence-corrected chi connectivity index (χ3v) is 3.38. The Balaban J connectivity index is 2.25. The van der Waals surface area contributed by atoms with Gasteiger partial charge < -0.3 is 11.1 Å². The summed E-state index contributed by atoms with van der Waals surface area (Å²) in [6.45, 7) is 6.29. The number of hydrogen-bond donors (Lipinski definition) is 2. The minimum atomic E-state index is 0.116. The highest BCUT2D eigenvalue weighted by molar-refractivity contribution is 6.29. The summed E-state index contributed by atoms with van der Waals surface area (Å²) in [4.78, 5) is 7.96. The van der Waals surface area contributed by atoms with E-state index < -0.39 is 0 Å². The van der Waals surface area contributed by atoms with Crippen molar-refractivity contribution >= 4 is 23.4 Å². The van der Waals surface area contributed by atoms with Crippen molar-refractivity contribution in [2.24, 2.45) is 0 Å². The molecule has 1 atom stereocenters. The van der Waals surface area contributed by atoms with Crippen molar-refractivity contribution in [2.75, 3.05) is 11.1 Å². The molecule has 0 saturated carbocycles. The van der Waals surface area contributed by atoms with E-state index in [-0.39, 0.29) is 12.0 Å². The Morgan fingerprint density at radius 2 is 2.00 bits per heavy atom. The molecule has 0 saturated heterocycles. The molecule has 4 nitrogen and oxygen atoms in total. The van der Waals surface area contributed by atoms with Crippen molar-refractivity contribution in [3.63, 3.8) is 0 Å². The smallest absolute Gasteiger partial charge is 0.223 e. The molecule has 1 unspecified atom stereocenters. The second-order valence-electron chi connectivity index (χ2n) is 4.59. The molecule has 1 heterocycles. The highest BCUT2D eigenvalue weighted by atomic mass is 35.5. The molecule has 0 amide bonds. The summed E-state index contributed by atoms with van der Waals surface area (Å²) in [7, 11) is 0. The van der Waals surface area contributed by atoms with Gasteiger partial charge in [-0.15, -0.1) is 0 Å². The van der Waals surface area contributed by atoms with Gasteiger partial charge in [-0.2, -0.15) is 4.98 Å². The van der Waals surface area contributed by atoms with Gasteiger partial charge in [-0.05, 0) is 37.5 Å². The van der Waals surface area contributed by atoms with Crippen LogP contribution in [0.25, 0.3) is 0 Å². The number of rotatable bonds is 3. The number of nitrogens with one attached hydrogen (secondary N) is 1. The number of nitrogens with two attached hydrogens (primary N) is 1. The number of anilines is 2. The predicted octanol–water partition coefficient (Wildman–Crippen LogP) is 3.50. The molecule has 2 rings (SSSR count). The second kappa shape index (κ2) is 5.45. The van der Waals surface area contributed by atoms with Gasteiger partial charge in [0.05, 0.1) is 6.04 Å². The Kier molecular flexibility index (Phi) is 3.90. The van der Waals surface area contributed by atoms with Gasteiger partial charge in [0.1, 0.15) is 11.0 Å². The second-order valence-corrected chi connectivity index (χ2v) is 4.98. The lowest BCUT2D eigenvalue weighted by molar-refractivity contribution is 0.860. The Labute approximate surface area is 118 Å². The summed E-state index contributed by atoms with van der Waals surface area (Å²) >= 11 is 5.86. The fourth-order valence-electron chi connectivity index (χ4n) is 2.05. The Hall–Kier alpha value is -1.81. The molecule has 0 radical (unpaired) electrons. The molecular weight excluding hydrogens is 260 g/mol. The van der Waals surface area contributed by atoms with Crippen LogP contribution in [0.5, 0.6) is 0 Å². The van der Waals surface area contributed by atoms with Crippen molar-refractivity contribution in [1.82, 2.24) is 9.97 Å². The number of aromatic nitrogens is 2. The molecule has 19 heavy (non-hydrogen) atoms. The average molecular weight is 277 g/mol. The summed E-state index contributed by atoms with van der Waals surface area (Å²) in [5.74, 6) is 0.800. The molecule has 0 aliphatic carbocycles. The number of hydrogen-bond acceptors (Lipinski definition) is 4. The van der Waals surface area contributed by atoms with E-state index >= 15 is 0 Å². The number of benzene rings is 1. The number of halogens is 1. The van der Waals surface area contributed by atoms with E-state index in [1.54, 1.807) is 6.07 Å². The fraction of sp³-hybridized carbons (Fsp3) is 0.286. The largest absolute Gasteiger partial charge is 0.368 e. The zero-order chi connectivity index (χ0) is 14.0. The molecular formula is C14H17ClN4. The summed E-state index contributed by atoms with van der Waals surface area (Å²) < 4.78 is 0. The zero-order valence-electron chi connectivity index (χ0n) is 11.2. The third kappa shape index (κ3) is 3.15. The maximum Gasteiger partial charge on any atom is 0.223 e. The van der Waals surface area contributed by atoms with E-state index in [2.05, 4.69) is 54.3 Å². The molecule has 0 spiro atoms. The Bertz CT molecular complexity index is 578. The van der Waals surface area contributed by atoms with Crippen molar-refractivity contribution in [1.29, 1.82) is 0 Å². The van der Waals surface area contributed by atoms with Crippen LogP contribution in [-0.4, -0.2) is 9.97 Å². The van der Waals surface area contributed by atoms with Crippen LogP contribution in [0.1, 0.15) is 29.7 Å². The third-order valence-electron chi connectivity index (χ3n) is 3.19. The van der Waals surface area contributed by atoms with E-state index in [0.717, 1.165) is 0 Å². The average Bonchev–Trinajstić information content (AvgIpc) is 2.31. The van der Waals surface area contributed by atoms with E-state index in [0.29, 0.717) is 11.0 Å². The summed E-state index contributed by atoms with van der Waals surface area (Å²) in [5.41, 5.74) is 9.35. The molecule has 2 aromatic rings. The molecule has 100 valence electrons. The van der Waals surface area contributed by atoms with E-state index in [4.69, 9.17) is 17.3 Å². The van der Waals surface area contributed by atoms with Crippen LogP contribution in [0, 0.1) is 13.8 Å². The Morgan fingerprint density at radius 1 is 1.26 bits per heavy atom. The first-order chi connectivity index (χ1) is 8.97. The van der Waals surface area contributed by atoms with Crippen molar-refractivity contribution in [3.05, 3.63) is 46.1 Å².